The second kappa shape index (κ2) is 7.32. The highest BCUT2D eigenvalue weighted by atomic mass is 16.5. The van der Waals surface area contributed by atoms with Crippen LogP contribution in [0.4, 0.5) is 0 Å². The van der Waals surface area contributed by atoms with Gasteiger partial charge in [-0.3, -0.25) is 9.59 Å². The molecule has 5 nitrogen and oxygen atoms in total. The van der Waals surface area contributed by atoms with E-state index in [0.717, 1.165) is 11.1 Å². The van der Waals surface area contributed by atoms with Crippen molar-refractivity contribution in [2.45, 2.75) is 13.0 Å². The predicted molar refractivity (Wildman–Crippen MR) is 95.7 cm³/mol. The molecule has 1 aromatic heterocycles. The van der Waals surface area contributed by atoms with Crippen LogP contribution in [0.25, 0.3) is 11.0 Å². The lowest BCUT2D eigenvalue weighted by Gasteiger charge is -2.18. The molecule has 0 aliphatic rings. The minimum atomic E-state index is -0.446. The van der Waals surface area contributed by atoms with Gasteiger partial charge in [0.1, 0.15) is 5.58 Å². The zero-order valence-corrected chi connectivity index (χ0v) is 14.1. The second-order valence-corrected chi connectivity index (χ2v) is 5.76. The van der Waals surface area contributed by atoms with Gasteiger partial charge < -0.3 is 14.5 Å². The summed E-state index contributed by atoms with van der Waals surface area (Å²) in [6, 6.07) is 15.9. The summed E-state index contributed by atoms with van der Waals surface area (Å²) in [4.78, 5) is 24.5. The number of nitrogens with one attached hydrogen (secondary N) is 1. The third-order valence-electron chi connectivity index (χ3n) is 4.13. The molecule has 0 saturated heterocycles. The summed E-state index contributed by atoms with van der Waals surface area (Å²) in [6.07, 6.45) is -0.280. The number of rotatable bonds is 5. The van der Waals surface area contributed by atoms with Gasteiger partial charge in [0, 0.05) is 19.7 Å². The van der Waals surface area contributed by atoms with Gasteiger partial charge in [0.25, 0.3) is 5.91 Å². The summed E-state index contributed by atoms with van der Waals surface area (Å²) in [6.45, 7) is 2.27. The van der Waals surface area contributed by atoms with Crippen molar-refractivity contribution >= 4 is 16.9 Å². The van der Waals surface area contributed by atoms with E-state index in [1.165, 1.54) is 6.07 Å². The van der Waals surface area contributed by atoms with Gasteiger partial charge in [-0.1, -0.05) is 36.4 Å². The Hall–Kier alpha value is -2.92. The number of benzene rings is 2. The van der Waals surface area contributed by atoms with Crippen molar-refractivity contribution in [2.75, 3.05) is 13.7 Å². The molecule has 1 unspecified atom stereocenters. The van der Waals surface area contributed by atoms with Crippen molar-refractivity contribution in [1.29, 1.82) is 0 Å². The van der Waals surface area contributed by atoms with Crippen molar-refractivity contribution in [3.8, 4) is 0 Å². The Morgan fingerprint density at radius 1 is 1.16 bits per heavy atom. The number of hydrogen-bond donors (Lipinski definition) is 1. The van der Waals surface area contributed by atoms with Crippen LogP contribution in [-0.2, 0) is 4.74 Å². The number of methoxy groups -OCH3 is 1. The lowest BCUT2D eigenvalue weighted by atomic mass is 10.0. The van der Waals surface area contributed by atoms with Crippen molar-refractivity contribution in [2.24, 2.45) is 0 Å². The maximum atomic E-state index is 12.4. The van der Waals surface area contributed by atoms with E-state index in [2.05, 4.69) is 5.32 Å². The van der Waals surface area contributed by atoms with E-state index in [4.69, 9.17) is 9.15 Å². The van der Waals surface area contributed by atoms with Crippen LogP contribution >= 0.6 is 0 Å². The number of amides is 1. The summed E-state index contributed by atoms with van der Waals surface area (Å²) >= 11 is 0. The van der Waals surface area contributed by atoms with Crippen LogP contribution in [0.1, 0.15) is 27.8 Å². The van der Waals surface area contributed by atoms with Gasteiger partial charge in [-0.2, -0.15) is 0 Å². The molecular weight excluding hydrogens is 318 g/mol. The molecule has 3 rings (SSSR count). The first-order chi connectivity index (χ1) is 12.1. The molecule has 0 saturated carbocycles. The van der Waals surface area contributed by atoms with E-state index in [1.807, 2.05) is 31.2 Å². The highest BCUT2D eigenvalue weighted by molar-refractivity contribution is 5.93. The van der Waals surface area contributed by atoms with Gasteiger partial charge in [-0.25, -0.2) is 0 Å². The second-order valence-electron chi connectivity index (χ2n) is 5.76. The van der Waals surface area contributed by atoms with Gasteiger partial charge in [-0.15, -0.1) is 0 Å². The van der Waals surface area contributed by atoms with Crippen LogP contribution in [0, 0.1) is 6.92 Å². The van der Waals surface area contributed by atoms with Crippen molar-refractivity contribution in [3.05, 3.63) is 81.7 Å². The SMILES string of the molecule is COC(CNC(=O)c1cc(=O)c2ccccc2o1)c1ccccc1C. The minimum absolute atomic E-state index is 0.0108. The van der Waals surface area contributed by atoms with Gasteiger partial charge in [-0.05, 0) is 30.2 Å². The van der Waals surface area contributed by atoms with Crippen LogP contribution in [0.3, 0.4) is 0 Å². The van der Waals surface area contributed by atoms with E-state index in [0.29, 0.717) is 11.0 Å². The van der Waals surface area contributed by atoms with E-state index in [-0.39, 0.29) is 23.8 Å². The first-order valence-electron chi connectivity index (χ1n) is 7.99. The Morgan fingerprint density at radius 2 is 1.88 bits per heavy atom. The number of carbonyl (C=O) groups is 1. The molecule has 0 aliphatic heterocycles. The molecule has 0 aliphatic carbocycles. The molecular formula is C20H19NO4. The molecule has 0 bridgehead atoms. The number of hydrogen-bond acceptors (Lipinski definition) is 4. The van der Waals surface area contributed by atoms with Crippen LogP contribution < -0.4 is 10.7 Å². The summed E-state index contributed by atoms with van der Waals surface area (Å²) in [7, 11) is 1.60. The normalized spacial score (nSPS) is 12.1. The van der Waals surface area contributed by atoms with Gasteiger partial charge in [0.05, 0.1) is 11.5 Å². The number of fused-ring (bicyclic) bond motifs is 1. The maximum Gasteiger partial charge on any atom is 0.287 e. The van der Waals surface area contributed by atoms with Crippen molar-refractivity contribution < 1.29 is 13.9 Å². The third-order valence-corrected chi connectivity index (χ3v) is 4.13. The molecule has 1 N–H and O–H groups in total. The zero-order chi connectivity index (χ0) is 17.8. The van der Waals surface area contributed by atoms with E-state index in [9.17, 15) is 9.59 Å². The molecule has 1 atom stereocenters. The zero-order valence-electron chi connectivity index (χ0n) is 14.1. The summed E-state index contributed by atoms with van der Waals surface area (Å²) < 4.78 is 11.0. The first kappa shape index (κ1) is 16.9. The molecule has 128 valence electrons. The Balaban J connectivity index is 1.78. The van der Waals surface area contributed by atoms with Crippen LogP contribution in [0.15, 0.2) is 63.8 Å². The van der Waals surface area contributed by atoms with Gasteiger partial charge in [0.15, 0.2) is 11.2 Å². The summed E-state index contributed by atoms with van der Waals surface area (Å²) in [5.41, 5.74) is 2.24. The third kappa shape index (κ3) is 3.61. The molecule has 1 heterocycles. The monoisotopic (exact) mass is 337 g/mol. The van der Waals surface area contributed by atoms with Crippen LogP contribution in [0.5, 0.6) is 0 Å². The molecule has 1 amide bonds. The predicted octanol–water partition coefficient (Wildman–Crippen LogP) is 3.22. The highest BCUT2D eigenvalue weighted by Gasteiger charge is 2.17. The molecule has 0 fully saturated rings. The average Bonchev–Trinajstić information content (AvgIpc) is 2.63. The standard InChI is InChI=1S/C20H19NO4/c1-13-7-3-4-8-14(13)19(24-2)12-21-20(23)18-11-16(22)15-9-5-6-10-17(15)25-18/h3-11,19H,12H2,1-2H3,(H,21,23). The molecule has 25 heavy (non-hydrogen) atoms. The smallest absolute Gasteiger partial charge is 0.287 e. The molecule has 5 heteroatoms. The summed E-state index contributed by atoms with van der Waals surface area (Å²) in [5, 5.41) is 3.22. The lowest BCUT2D eigenvalue weighted by molar-refractivity contribution is 0.0806. The molecule has 3 aromatic rings. The fraction of sp³-hybridized carbons (Fsp3) is 0.200. The Bertz CT molecular complexity index is 961. The number of aryl methyl sites for hydroxylation is 1. The van der Waals surface area contributed by atoms with Gasteiger partial charge in [0.2, 0.25) is 0 Å². The van der Waals surface area contributed by atoms with Crippen LogP contribution in [0.2, 0.25) is 0 Å². The largest absolute Gasteiger partial charge is 0.451 e. The van der Waals surface area contributed by atoms with E-state index in [1.54, 1.807) is 31.4 Å². The Morgan fingerprint density at radius 3 is 2.64 bits per heavy atom. The van der Waals surface area contributed by atoms with E-state index < -0.39 is 5.91 Å². The molecule has 0 spiro atoms. The highest BCUT2D eigenvalue weighted by Crippen LogP contribution is 2.20. The number of ether oxygens (including phenoxy) is 1. The fourth-order valence-corrected chi connectivity index (χ4v) is 2.76. The first-order valence-corrected chi connectivity index (χ1v) is 7.99. The molecule has 0 radical (unpaired) electrons. The number of carbonyl (C=O) groups excluding carboxylic acids is 1. The maximum absolute atomic E-state index is 12.4. The van der Waals surface area contributed by atoms with Crippen molar-refractivity contribution in [1.82, 2.24) is 5.32 Å². The fourth-order valence-electron chi connectivity index (χ4n) is 2.76. The Kier molecular flexibility index (Phi) is 4.95. The van der Waals surface area contributed by atoms with Crippen LogP contribution in [-0.4, -0.2) is 19.6 Å². The quantitative estimate of drug-likeness (QED) is 0.776. The van der Waals surface area contributed by atoms with Crippen molar-refractivity contribution in [3.63, 3.8) is 0 Å². The minimum Gasteiger partial charge on any atom is -0.451 e. The molecule has 2 aromatic carbocycles. The Labute approximate surface area is 145 Å². The van der Waals surface area contributed by atoms with Gasteiger partial charge >= 0.3 is 0 Å². The number of para-hydroxylation sites is 1. The average molecular weight is 337 g/mol. The summed E-state index contributed by atoms with van der Waals surface area (Å²) in [5.74, 6) is -0.457. The topological polar surface area (TPSA) is 68.5 Å². The van der Waals surface area contributed by atoms with E-state index >= 15 is 0 Å². The lowest BCUT2D eigenvalue weighted by Crippen LogP contribution is -2.30.